The van der Waals surface area contributed by atoms with Gasteiger partial charge in [-0.3, -0.25) is 4.79 Å². The summed E-state index contributed by atoms with van der Waals surface area (Å²) in [5.41, 5.74) is 1.16. The molecule has 2 aromatic heterocycles. The van der Waals surface area contributed by atoms with Crippen molar-refractivity contribution in [3.63, 3.8) is 0 Å². The Balaban J connectivity index is 2.31. The molecule has 0 amide bonds. The fraction of sp³-hybridized carbons (Fsp3) is 0.0833. The molecule has 0 radical (unpaired) electrons. The van der Waals surface area contributed by atoms with Gasteiger partial charge in [-0.2, -0.15) is 9.50 Å². The van der Waals surface area contributed by atoms with Gasteiger partial charge in [-0.25, -0.2) is 0 Å². The third-order valence-electron chi connectivity index (χ3n) is 2.60. The van der Waals surface area contributed by atoms with E-state index in [1.807, 2.05) is 18.2 Å². The number of hydrogen-bond acceptors (Lipinski definition) is 3. The van der Waals surface area contributed by atoms with Gasteiger partial charge in [-0.15, -0.1) is 5.10 Å². The van der Waals surface area contributed by atoms with Gasteiger partial charge < -0.3 is 4.98 Å². The van der Waals surface area contributed by atoms with Crippen LogP contribution in [0.25, 0.3) is 17.0 Å². The Labute approximate surface area is 107 Å². The van der Waals surface area contributed by atoms with Crippen LogP contribution in [0.1, 0.15) is 5.82 Å². The van der Waals surface area contributed by atoms with Crippen LogP contribution in [0.2, 0.25) is 5.02 Å². The summed E-state index contributed by atoms with van der Waals surface area (Å²) in [6.07, 6.45) is 0. The summed E-state index contributed by atoms with van der Waals surface area (Å²) >= 11 is 6.10. The van der Waals surface area contributed by atoms with E-state index >= 15 is 0 Å². The van der Waals surface area contributed by atoms with Gasteiger partial charge in [-0.1, -0.05) is 29.8 Å². The van der Waals surface area contributed by atoms with Crippen LogP contribution in [0.15, 0.2) is 35.1 Å². The minimum absolute atomic E-state index is 0.237. The van der Waals surface area contributed by atoms with Gasteiger partial charge in [0.05, 0.1) is 5.69 Å². The number of halogens is 1. The van der Waals surface area contributed by atoms with Crippen LogP contribution in [0.4, 0.5) is 0 Å². The first kappa shape index (κ1) is 11.0. The molecular weight excluding hydrogens is 252 g/mol. The van der Waals surface area contributed by atoms with Crippen molar-refractivity contribution in [2.24, 2.45) is 0 Å². The first-order valence-corrected chi connectivity index (χ1v) is 5.74. The van der Waals surface area contributed by atoms with E-state index < -0.39 is 0 Å². The molecule has 0 fully saturated rings. The highest BCUT2D eigenvalue weighted by Crippen LogP contribution is 2.24. The highest BCUT2D eigenvalue weighted by atomic mass is 35.5. The summed E-state index contributed by atoms with van der Waals surface area (Å²) in [5.74, 6) is 0.953. The van der Waals surface area contributed by atoms with E-state index in [4.69, 9.17) is 11.6 Å². The Hall–Kier alpha value is -2.14. The standard InChI is InChI=1S/C12H9ClN4O/c1-7-14-12-15-10(6-11(18)17(12)16-7)8-4-2-3-5-9(8)13/h2-6H,1H3,(H,14,15,16). The van der Waals surface area contributed by atoms with Crippen molar-refractivity contribution >= 4 is 17.4 Å². The van der Waals surface area contributed by atoms with Crippen molar-refractivity contribution in [3.8, 4) is 11.3 Å². The molecule has 90 valence electrons. The molecule has 3 rings (SSSR count). The zero-order chi connectivity index (χ0) is 12.7. The number of aromatic amines is 1. The summed E-state index contributed by atoms with van der Waals surface area (Å²) in [6.45, 7) is 1.73. The Kier molecular flexibility index (Phi) is 2.41. The number of benzene rings is 1. The lowest BCUT2D eigenvalue weighted by Gasteiger charge is -2.03. The number of fused-ring (bicyclic) bond motifs is 1. The highest BCUT2D eigenvalue weighted by molar-refractivity contribution is 6.33. The Morgan fingerprint density at radius 1 is 1.33 bits per heavy atom. The molecule has 18 heavy (non-hydrogen) atoms. The van der Waals surface area contributed by atoms with E-state index in [0.717, 1.165) is 5.56 Å². The molecular formula is C12H9ClN4O. The van der Waals surface area contributed by atoms with Gasteiger partial charge in [0.1, 0.15) is 5.82 Å². The third kappa shape index (κ3) is 1.69. The van der Waals surface area contributed by atoms with E-state index in [1.165, 1.54) is 10.6 Å². The fourth-order valence-electron chi connectivity index (χ4n) is 1.82. The van der Waals surface area contributed by atoms with Crippen LogP contribution >= 0.6 is 11.6 Å². The van der Waals surface area contributed by atoms with Gasteiger partial charge in [0.2, 0.25) is 5.78 Å². The van der Waals surface area contributed by atoms with Crippen LogP contribution < -0.4 is 5.56 Å². The summed E-state index contributed by atoms with van der Waals surface area (Å²) < 4.78 is 1.23. The topological polar surface area (TPSA) is 63.0 Å². The van der Waals surface area contributed by atoms with Crippen molar-refractivity contribution in [3.05, 3.63) is 51.5 Å². The zero-order valence-electron chi connectivity index (χ0n) is 9.51. The number of aromatic nitrogens is 4. The lowest BCUT2D eigenvalue weighted by molar-refractivity contribution is 0.882. The maximum Gasteiger partial charge on any atom is 0.276 e. The first-order valence-electron chi connectivity index (χ1n) is 5.37. The normalized spacial score (nSPS) is 11.0. The van der Waals surface area contributed by atoms with E-state index in [-0.39, 0.29) is 5.56 Å². The van der Waals surface area contributed by atoms with Crippen molar-refractivity contribution in [1.29, 1.82) is 0 Å². The van der Waals surface area contributed by atoms with Crippen LogP contribution in [0, 0.1) is 6.92 Å². The number of H-pyrrole nitrogens is 1. The second kappa shape index (κ2) is 3.96. The van der Waals surface area contributed by atoms with Crippen LogP contribution in [-0.2, 0) is 0 Å². The number of hydrogen-bond donors (Lipinski definition) is 1. The monoisotopic (exact) mass is 260 g/mol. The smallest absolute Gasteiger partial charge is 0.276 e. The van der Waals surface area contributed by atoms with Gasteiger partial charge in [0, 0.05) is 16.7 Å². The van der Waals surface area contributed by atoms with E-state index in [9.17, 15) is 4.79 Å². The van der Waals surface area contributed by atoms with Crippen LogP contribution in [0.3, 0.4) is 0 Å². The van der Waals surface area contributed by atoms with Crippen LogP contribution in [-0.4, -0.2) is 19.6 Å². The van der Waals surface area contributed by atoms with Gasteiger partial charge in [0.15, 0.2) is 0 Å². The molecule has 1 aromatic carbocycles. The number of nitrogens with one attached hydrogen (secondary N) is 1. The van der Waals surface area contributed by atoms with Crippen molar-refractivity contribution in [1.82, 2.24) is 19.6 Å². The summed E-state index contributed by atoms with van der Waals surface area (Å²) in [5, 5.41) is 4.58. The van der Waals surface area contributed by atoms with Crippen molar-refractivity contribution < 1.29 is 0 Å². The molecule has 2 heterocycles. The van der Waals surface area contributed by atoms with Gasteiger partial charge in [0.25, 0.3) is 5.56 Å². The average Bonchev–Trinajstić information content (AvgIpc) is 2.71. The predicted octanol–water partition coefficient (Wildman–Crippen LogP) is 2.05. The molecule has 3 aromatic rings. The fourth-order valence-corrected chi connectivity index (χ4v) is 2.05. The quantitative estimate of drug-likeness (QED) is 0.728. The summed E-state index contributed by atoms with van der Waals surface area (Å²) in [6, 6.07) is 8.77. The molecule has 0 aliphatic carbocycles. The molecule has 0 unspecified atom stereocenters. The highest BCUT2D eigenvalue weighted by Gasteiger charge is 2.09. The average molecular weight is 261 g/mol. The summed E-state index contributed by atoms with van der Waals surface area (Å²) in [7, 11) is 0. The molecule has 0 aliphatic heterocycles. The third-order valence-corrected chi connectivity index (χ3v) is 2.93. The Morgan fingerprint density at radius 2 is 2.11 bits per heavy atom. The second-order valence-electron chi connectivity index (χ2n) is 3.90. The number of rotatable bonds is 1. The molecule has 5 nitrogen and oxygen atoms in total. The molecule has 0 aliphatic rings. The minimum Gasteiger partial charge on any atom is -0.323 e. The number of nitrogens with zero attached hydrogens (tertiary/aromatic N) is 3. The van der Waals surface area contributed by atoms with Gasteiger partial charge >= 0.3 is 0 Å². The number of aryl methyl sites for hydroxylation is 1. The predicted molar refractivity (Wildman–Crippen MR) is 68.8 cm³/mol. The summed E-state index contributed by atoms with van der Waals surface area (Å²) in [4.78, 5) is 19.1. The van der Waals surface area contributed by atoms with Gasteiger partial charge in [-0.05, 0) is 13.0 Å². The Morgan fingerprint density at radius 3 is 2.89 bits per heavy atom. The molecule has 6 heteroatoms. The van der Waals surface area contributed by atoms with E-state index in [1.54, 1.807) is 13.0 Å². The first-order chi connectivity index (χ1) is 8.65. The molecule has 0 spiro atoms. The van der Waals surface area contributed by atoms with Crippen LogP contribution in [0.5, 0.6) is 0 Å². The lowest BCUT2D eigenvalue weighted by Crippen LogP contribution is -2.14. The Bertz CT molecular complexity index is 790. The molecule has 1 N–H and O–H groups in total. The SMILES string of the molecule is Cc1nc2[nH]c(-c3ccccc3Cl)cc(=O)n2n1. The van der Waals surface area contributed by atoms with Crippen molar-refractivity contribution in [2.45, 2.75) is 6.92 Å². The van der Waals surface area contributed by atoms with E-state index in [2.05, 4.69) is 15.1 Å². The molecule has 0 saturated heterocycles. The maximum absolute atomic E-state index is 11.9. The lowest BCUT2D eigenvalue weighted by atomic mass is 10.1. The second-order valence-corrected chi connectivity index (χ2v) is 4.30. The minimum atomic E-state index is -0.237. The molecule has 0 atom stereocenters. The molecule has 0 saturated carbocycles. The van der Waals surface area contributed by atoms with E-state index in [0.29, 0.717) is 22.3 Å². The largest absolute Gasteiger partial charge is 0.323 e. The molecule has 0 bridgehead atoms. The maximum atomic E-state index is 11.9. The van der Waals surface area contributed by atoms with Crippen molar-refractivity contribution in [2.75, 3.05) is 0 Å². The zero-order valence-corrected chi connectivity index (χ0v) is 10.3.